The smallest absolute Gasteiger partial charge is 0.310 e. The molecule has 0 heterocycles. The van der Waals surface area contributed by atoms with Gasteiger partial charge in [0, 0.05) is 15.7 Å². The Morgan fingerprint density at radius 1 is 1.39 bits per heavy atom. The van der Waals surface area contributed by atoms with Crippen molar-refractivity contribution in [2.45, 2.75) is 20.8 Å². The number of hydrogen-bond donors (Lipinski definition) is 2. The first kappa shape index (κ1) is 14.9. The predicted octanol–water partition coefficient (Wildman–Crippen LogP) is 2.44. The lowest BCUT2D eigenvalue weighted by molar-refractivity contribution is -0.146. The first-order chi connectivity index (χ1) is 8.24. The van der Waals surface area contributed by atoms with Gasteiger partial charge in [-0.2, -0.15) is 0 Å². The highest BCUT2D eigenvalue weighted by atomic mass is 127. The van der Waals surface area contributed by atoms with Crippen LogP contribution in [-0.2, 0) is 4.79 Å². The van der Waals surface area contributed by atoms with Gasteiger partial charge in [0.15, 0.2) is 0 Å². The number of halogens is 1. The Kier molecular flexibility index (Phi) is 4.72. The first-order valence-corrected chi connectivity index (χ1v) is 6.59. The highest BCUT2D eigenvalue weighted by molar-refractivity contribution is 14.1. The number of aliphatic carboxylic acids is 1. The molecule has 0 saturated heterocycles. The van der Waals surface area contributed by atoms with Crippen molar-refractivity contribution in [2.75, 3.05) is 6.54 Å². The molecule has 5 heteroatoms. The van der Waals surface area contributed by atoms with Gasteiger partial charge in [-0.3, -0.25) is 9.59 Å². The third kappa shape index (κ3) is 3.69. The topological polar surface area (TPSA) is 66.4 Å². The van der Waals surface area contributed by atoms with Crippen LogP contribution < -0.4 is 5.32 Å². The van der Waals surface area contributed by atoms with Crippen molar-refractivity contribution in [3.63, 3.8) is 0 Å². The number of rotatable bonds is 4. The van der Waals surface area contributed by atoms with Gasteiger partial charge in [0.2, 0.25) is 0 Å². The molecule has 1 aromatic carbocycles. The number of benzene rings is 1. The molecule has 0 aromatic heterocycles. The number of hydrogen-bond acceptors (Lipinski definition) is 2. The van der Waals surface area contributed by atoms with Crippen molar-refractivity contribution >= 4 is 34.5 Å². The van der Waals surface area contributed by atoms with Crippen molar-refractivity contribution in [2.24, 2.45) is 5.41 Å². The molecule has 18 heavy (non-hydrogen) atoms. The average molecular weight is 361 g/mol. The Hall–Kier alpha value is -1.11. The van der Waals surface area contributed by atoms with Crippen LogP contribution in [0.15, 0.2) is 18.2 Å². The van der Waals surface area contributed by atoms with E-state index in [1.165, 1.54) is 0 Å². The monoisotopic (exact) mass is 361 g/mol. The summed E-state index contributed by atoms with van der Waals surface area (Å²) in [6.07, 6.45) is 0. The summed E-state index contributed by atoms with van der Waals surface area (Å²) < 4.78 is 1.01. The van der Waals surface area contributed by atoms with Crippen LogP contribution in [0, 0.1) is 15.9 Å². The standard InChI is InChI=1S/C13H16INO3/c1-8-4-5-9(6-10(8)14)11(16)15-7-13(2,3)12(17)18/h4-6H,7H2,1-3H3,(H,15,16)(H,17,18). The second-order valence-electron chi connectivity index (χ2n) is 4.84. The zero-order valence-electron chi connectivity index (χ0n) is 10.6. The van der Waals surface area contributed by atoms with E-state index in [0.29, 0.717) is 5.56 Å². The summed E-state index contributed by atoms with van der Waals surface area (Å²) >= 11 is 2.16. The summed E-state index contributed by atoms with van der Waals surface area (Å²) in [7, 11) is 0. The molecule has 98 valence electrons. The van der Waals surface area contributed by atoms with Crippen molar-refractivity contribution in [3.8, 4) is 0 Å². The van der Waals surface area contributed by atoms with E-state index in [1.54, 1.807) is 26.0 Å². The number of carbonyl (C=O) groups is 2. The van der Waals surface area contributed by atoms with Crippen LogP contribution >= 0.6 is 22.6 Å². The molecule has 0 fully saturated rings. The van der Waals surface area contributed by atoms with E-state index in [2.05, 4.69) is 27.9 Å². The van der Waals surface area contributed by atoms with Gasteiger partial charge >= 0.3 is 5.97 Å². The normalized spacial score (nSPS) is 11.1. The molecular weight excluding hydrogens is 345 g/mol. The molecule has 1 amide bonds. The minimum Gasteiger partial charge on any atom is -0.481 e. The number of amides is 1. The summed E-state index contributed by atoms with van der Waals surface area (Å²) in [4.78, 5) is 22.8. The van der Waals surface area contributed by atoms with E-state index in [1.807, 2.05) is 13.0 Å². The average Bonchev–Trinajstić information content (AvgIpc) is 2.29. The molecule has 4 nitrogen and oxygen atoms in total. The summed E-state index contributed by atoms with van der Waals surface area (Å²) in [5, 5.41) is 11.6. The third-order valence-corrected chi connectivity index (χ3v) is 3.87. The van der Waals surface area contributed by atoms with Gasteiger partial charge in [-0.1, -0.05) is 6.07 Å². The van der Waals surface area contributed by atoms with Gasteiger partial charge in [-0.25, -0.2) is 0 Å². The number of carboxylic acid groups (broad SMARTS) is 1. The number of nitrogens with one attached hydrogen (secondary N) is 1. The second-order valence-corrected chi connectivity index (χ2v) is 6.00. The lowest BCUT2D eigenvalue weighted by atomic mass is 9.94. The van der Waals surface area contributed by atoms with Gasteiger partial charge in [0.05, 0.1) is 5.41 Å². The Labute approximate surface area is 120 Å². The predicted molar refractivity (Wildman–Crippen MR) is 77.6 cm³/mol. The fourth-order valence-electron chi connectivity index (χ4n) is 1.21. The van der Waals surface area contributed by atoms with Crippen LogP contribution in [0.4, 0.5) is 0 Å². The molecule has 0 aliphatic rings. The Morgan fingerprint density at radius 3 is 2.50 bits per heavy atom. The largest absolute Gasteiger partial charge is 0.481 e. The first-order valence-electron chi connectivity index (χ1n) is 5.52. The molecule has 0 radical (unpaired) electrons. The van der Waals surface area contributed by atoms with Crippen molar-refractivity contribution in [3.05, 3.63) is 32.9 Å². The Balaban J connectivity index is 2.72. The Bertz CT molecular complexity index is 483. The zero-order chi connectivity index (χ0) is 13.9. The molecule has 0 saturated carbocycles. The molecule has 0 bridgehead atoms. The summed E-state index contributed by atoms with van der Waals surface area (Å²) in [5.41, 5.74) is 0.692. The second kappa shape index (κ2) is 5.69. The molecule has 2 N–H and O–H groups in total. The minimum atomic E-state index is -0.965. The third-order valence-electron chi connectivity index (χ3n) is 2.70. The van der Waals surface area contributed by atoms with Gasteiger partial charge < -0.3 is 10.4 Å². The van der Waals surface area contributed by atoms with E-state index >= 15 is 0 Å². The zero-order valence-corrected chi connectivity index (χ0v) is 12.7. The maximum atomic E-state index is 11.9. The number of carbonyl (C=O) groups excluding carboxylic acids is 1. The van der Waals surface area contributed by atoms with Crippen LogP contribution in [0.25, 0.3) is 0 Å². The Morgan fingerprint density at radius 2 is 2.00 bits per heavy atom. The van der Waals surface area contributed by atoms with Crippen molar-refractivity contribution in [1.82, 2.24) is 5.32 Å². The van der Waals surface area contributed by atoms with E-state index in [0.717, 1.165) is 9.13 Å². The van der Waals surface area contributed by atoms with Crippen molar-refractivity contribution in [1.29, 1.82) is 0 Å². The molecule has 1 rings (SSSR count). The lowest BCUT2D eigenvalue weighted by Crippen LogP contribution is -2.38. The molecule has 0 atom stereocenters. The molecule has 0 aliphatic carbocycles. The van der Waals surface area contributed by atoms with Crippen LogP contribution in [0.5, 0.6) is 0 Å². The lowest BCUT2D eigenvalue weighted by Gasteiger charge is -2.19. The highest BCUT2D eigenvalue weighted by Crippen LogP contribution is 2.15. The molecular formula is C13H16INO3. The fraction of sp³-hybridized carbons (Fsp3) is 0.385. The van der Waals surface area contributed by atoms with E-state index < -0.39 is 11.4 Å². The maximum absolute atomic E-state index is 11.9. The quantitative estimate of drug-likeness (QED) is 0.810. The van der Waals surface area contributed by atoms with Gasteiger partial charge in [0.25, 0.3) is 5.91 Å². The number of aryl methyl sites for hydroxylation is 1. The molecule has 0 spiro atoms. The van der Waals surface area contributed by atoms with Crippen LogP contribution in [0.1, 0.15) is 29.8 Å². The van der Waals surface area contributed by atoms with Gasteiger partial charge in [-0.05, 0) is 61.1 Å². The molecule has 1 aromatic rings. The van der Waals surface area contributed by atoms with Crippen LogP contribution in [0.3, 0.4) is 0 Å². The van der Waals surface area contributed by atoms with Gasteiger partial charge in [0.1, 0.15) is 0 Å². The van der Waals surface area contributed by atoms with E-state index in [9.17, 15) is 9.59 Å². The SMILES string of the molecule is Cc1ccc(C(=O)NCC(C)(C)C(=O)O)cc1I. The molecule has 0 aliphatic heterocycles. The molecule has 0 unspecified atom stereocenters. The summed E-state index contributed by atoms with van der Waals surface area (Å²) in [6.45, 7) is 5.23. The maximum Gasteiger partial charge on any atom is 0.310 e. The van der Waals surface area contributed by atoms with Crippen LogP contribution in [0.2, 0.25) is 0 Å². The summed E-state index contributed by atoms with van der Waals surface area (Å²) in [5.74, 6) is -1.18. The van der Waals surface area contributed by atoms with E-state index in [-0.39, 0.29) is 12.5 Å². The van der Waals surface area contributed by atoms with Crippen LogP contribution in [-0.4, -0.2) is 23.5 Å². The summed E-state index contributed by atoms with van der Waals surface area (Å²) in [6, 6.07) is 5.40. The highest BCUT2D eigenvalue weighted by Gasteiger charge is 2.27. The minimum absolute atomic E-state index is 0.103. The van der Waals surface area contributed by atoms with Crippen molar-refractivity contribution < 1.29 is 14.7 Å². The van der Waals surface area contributed by atoms with E-state index in [4.69, 9.17) is 5.11 Å². The number of carboxylic acids is 1. The van der Waals surface area contributed by atoms with Gasteiger partial charge in [-0.15, -0.1) is 0 Å². The fourth-order valence-corrected chi connectivity index (χ4v) is 1.73.